The van der Waals surface area contributed by atoms with Gasteiger partial charge in [0.1, 0.15) is 5.78 Å². The average Bonchev–Trinajstić information content (AvgIpc) is 2.51. The second kappa shape index (κ2) is 10.9. The Labute approximate surface area is 145 Å². The van der Waals surface area contributed by atoms with E-state index in [1.165, 1.54) is 0 Å². The minimum Gasteiger partial charge on any atom is -0.356 e. The summed E-state index contributed by atoms with van der Waals surface area (Å²) in [6.07, 6.45) is 1.09. The number of rotatable bonds is 11. The highest BCUT2D eigenvalue weighted by molar-refractivity contribution is 5.93. The van der Waals surface area contributed by atoms with Crippen LogP contribution < -0.4 is 10.6 Å². The Bertz CT molecular complexity index is 460. The standard InChI is InChI=1S/C18H32N2O4/c1-7-8-19-17(23)12(4)10-16(22)14(6)20-18(24)13(5)9-15(21)11(2)3/h11-14H,7-10H2,1-6H3,(H,19,23)(H,20,24). The van der Waals surface area contributed by atoms with E-state index in [0.717, 1.165) is 6.42 Å². The van der Waals surface area contributed by atoms with E-state index in [9.17, 15) is 19.2 Å². The monoisotopic (exact) mass is 340 g/mol. The molecule has 0 aromatic rings. The Morgan fingerprint density at radius 3 is 1.79 bits per heavy atom. The first kappa shape index (κ1) is 22.3. The van der Waals surface area contributed by atoms with Gasteiger partial charge in [0.25, 0.3) is 0 Å². The molecule has 0 radical (unpaired) electrons. The van der Waals surface area contributed by atoms with Crippen molar-refractivity contribution in [3.05, 3.63) is 0 Å². The van der Waals surface area contributed by atoms with Gasteiger partial charge in [-0.05, 0) is 13.3 Å². The zero-order valence-corrected chi connectivity index (χ0v) is 15.8. The summed E-state index contributed by atoms with van der Waals surface area (Å²) in [5.74, 6) is -1.64. The van der Waals surface area contributed by atoms with Crippen molar-refractivity contribution in [3.8, 4) is 0 Å². The summed E-state index contributed by atoms with van der Waals surface area (Å²) in [7, 11) is 0. The van der Waals surface area contributed by atoms with E-state index < -0.39 is 17.9 Å². The molecule has 0 bridgehead atoms. The van der Waals surface area contributed by atoms with E-state index >= 15 is 0 Å². The highest BCUT2D eigenvalue weighted by atomic mass is 16.2. The highest BCUT2D eigenvalue weighted by Gasteiger charge is 2.24. The van der Waals surface area contributed by atoms with Crippen LogP contribution in [0.15, 0.2) is 0 Å². The zero-order chi connectivity index (χ0) is 18.9. The lowest BCUT2D eigenvalue weighted by Gasteiger charge is -2.18. The lowest BCUT2D eigenvalue weighted by molar-refractivity contribution is -0.133. The van der Waals surface area contributed by atoms with E-state index in [1.54, 1.807) is 34.6 Å². The highest BCUT2D eigenvalue weighted by Crippen LogP contribution is 2.10. The quantitative estimate of drug-likeness (QED) is 0.600. The molecule has 0 aliphatic carbocycles. The summed E-state index contributed by atoms with van der Waals surface area (Å²) in [6, 6.07) is -0.671. The molecule has 0 aromatic heterocycles. The maximum absolute atomic E-state index is 12.2. The Morgan fingerprint density at radius 2 is 1.29 bits per heavy atom. The molecule has 24 heavy (non-hydrogen) atoms. The van der Waals surface area contributed by atoms with Crippen LogP contribution >= 0.6 is 0 Å². The van der Waals surface area contributed by atoms with E-state index in [2.05, 4.69) is 10.6 Å². The molecule has 2 amide bonds. The number of Topliss-reactive ketones (excluding diaryl/α,β-unsaturated/α-hetero) is 2. The molecule has 3 atom stereocenters. The van der Waals surface area contributed by atoms with E-state index in [1.807, 2.05) is 6.92 Å². The minimum atomic E-state index is -0.671. The first-order chi connectivity index (χ1) is 11.1. The third-order valence-electron chi connectivity index (χ3n) is 3.94. The molecule has 3 unspecified atom stereocenters. The fourth-order valence-corrected chi connectivity index (χ4v) is 2.06. The smallest absolute Gasteiger partial charge is 0.223 e. The predicted molar refractivity (Wildman–Crippen MR) is 93.3 cm³/mol. The van der Waals surface area contributed by atoms with Gasteiger partial charge in [-0.25, -0.2) is 0 Å². The molecular formula is C18H32N2O4. The Morgan fingerprint density at radius 1 is 0.792 bits per heavy atom. The van der Waals surface area contributed by atoms with Gasteiger partial charge in [0.05, 0.1) is 6.04 Å². The van der Waals surface area contributed by atoms with Crippen LogP contribution in [-0.2, 0) is 19.2 Å². The normalized spacial score (nSPS) is 14.6. The van der Waals surface area contributed by atoms with Gasteiger partial charge in [-0.1, -0.05) is 34.6 Å². The Balaban J connectivity index is 4.41. The number of ketones is 2. The van der Waals surface area contributed by atoms with Crippen LogP contribution in [0.25, 0.3) is 0 Å². The molecular weight excluding hydrogens is 308 g/mol. The topological polar surface area (TPSA) is 92.3 Å². The maximum atomic E-state index is 12.2. The van der Waals surface area contributed by atoms with Gasteiger partial charge in [0.2, 0.25) is 11.8 Å². The Kier molecular flexibility index (Phi) is 10.2. The van der Waals surface area contributed by atoms with Gasteiger partial charge in [0, 0.05) is 37.1 Å². The molecule has 0 spiro atoms. The molecule has 6 heteroatoms. The van der Waals surface area contributed by atoms with Crippen molar-refractivity contribution in [1.29, 1.82) is 0 Å². The zero-order valence-electron chi connectivity index (χ0n) is 15.8. The van der Waals surface area contributed by atoms with Crippen molar-refractivity contribution in [3.63, 3.8) is 0 Å². The lowest BCUT2D eigenvalue weighted by Crippen LogP contribution is -2.43. The first-order valence-corrected chi connectivity index (χ1v) is 8.73. The molecule has 2 N–H and O–H groups in total. The van der Waals surface area contributed by atoms with Crippen molar-refractivity contribution in [2.45, 2.75) is 66.8 Å². The molecule has 0 aliphatic heterocycles. The average molecular weight is 340 g/mol. The van der Waals surface area contributed by atoms with Crippen molar-refractivity contribution < 1.29 is 19.2 Å². The third-order valence-corrected chi connectivity index (χ3v) is 3.94. The van der Waals surface area contributed by atoms with Crippen molar-refractivity contribution in [2.24, 2.45) is 17.8 Å². The maximum Gasteiger partial charge on any atom is 0.223 e. The molecule has 0 saturated heterocycles. The molecule has 6 nitrogen and oxygen atoms in total. The van der Waals surface area contributed by atoms with E-state index in [-0.39, 0.29) is 42.1 Å². The van der Waals surface area contributed by atoms with Gasteiger partial charge in [-0.2, -0.15) is 0 Å². The van der Waals surface area contributed by atoms with Crippen LogP contribution in [0.3, 0.4) is 0 Å². The van der Waals surface area contributed by atoms with Crippen LogP contribution in [-0.4, -0.2) is 36.0 Å². The molecule has 0 saturated carbocycles. The second-order valence-corrected chi connectivity index (χ2v) is 6.82. The van der Waals surface area contributed by atoms with Crippen molar-refractivity contribution >= 4 is 23.4 Å². The van der Waals surface area contributed by atoms with Crippen LogP contribution in [0, 0.1) is 17.8 Å². The number of nitrogens with one attached hydrogen (secondary N) is 2. The molecule has 0 heterocycles. The molecule has 0 aliphatic rings. The molecule has 0 rings (SSSR count). The fourth-order valence-electron chi connectivity index (χ4n) is 2.06. The second-order valence-electron chi connectivity index (χ2n) is 6.82. The number of carbonyl (C=O) groups is 4. The lowest BCUT2D eigenvalue weighted by atomic mass is 9.96. The Hall–Kier alpha value is -1.72. The summed E-state index contributed by atoms with van der Waals surface area (Å²) < 4.78 is 0. The number of amides is 2. The van der Waals surface area contributed by atoms with E-state index in [0.29, 0.717) is 6.54 Å². The minimum absolute atomic E-state index is 0.0258. The first-order valence-electron chi connectivity index (χ1n) is 8.73. The van der Waals surface area contributed by atoms with Crippen molar-refractivity contribution in [1.82, 2.24) is 10.6 Å². The predicted octanol–water partition coefficient (Wildman–Crippen LogP) is 1.86. The summed E-state index contributed by atoms with van der Waals surface area (Å²) in [5, 5.41) is 5.39. The van der Waals surface area contributed by atoms with Gasteiger partial charge < -0.3 is 10.6 Å². The van der Waals surface area contributed by atoms with Crippen LogP contribution in [0.5, 0.6) is 0 Å². The molecule has 0 fully saturated rings. The molecule has 0 aromatic carbocycles. The van der Waals surface area contributed by atoms with Gasteiger partial charge in [0.15, 0.2) is 5.78 Å². The SMILES string of the molecule is CCCNC(=O)C(C)CC(=O)C(C)NC(=O)C(C)CC(=O)C(C)C. The molecule has 138 valence electrons. The number of hydrogen-bond acceptors (Lipinski definition) is 4. The van der Waals surface area contributed by atoms with Crippen molar-refractivity contribution in [2.75, 3.05) is 6.54 Å². The van der Waals surface area contributed by atoms with E-state index in [4.69, 9.17) is 0 Å². The summed E-state index contributed by atoms with van der Waals surface area (Å²) in [4.78, 5) is 47.7. The van der Waals surface area contributed by atoms with Crippen LogP contribution in [0.2, 0.25) is 0 Å². The summed E-state index contributed by atoms with van der Waals surface area (Å²) in [6.45, 7) is 11.1. The summed E-state index contributed by atoms with van der Waals surface area (Å²) in [5.41, 5.74) is 0. The number of hydrogen-bond donors (Lipinski definition) is 2. The largest absolute Gasteiger partial charge is 0.356 e. The van der Waals surface area contributed by atoms with Gasteiger partial charge in [-0.15, -0.1) is 0 Å². The third kappa shape index (κ3) is 8.22. The number of carbonyl (C=O) groups excluding carboxylic acids is 4. The van der Waals surface area contributed by atoms with Crippen LogP contribution in [0.1, 0.15) is 60.8 Å². The fraction of sp³-hybridized carbons (Fsp3) is 0.778. The van der Waals surface area contributed by atoms with Gasteiger partial charge in [-0.3, -0.25) is 19.2 Å². The van der Waals surface area contributed by atoms with Gasteiger partial charge >= 0.3 is 0 Å². The summed E-state index contributed by atoms with van der Waals surface area (Å²) >= 11 is 0. The van der Waals surface area contributed by atoms with Crippen LogP contribution in [0.4, 0.5) is 0 Å².